The second kappa shape index (κ2) is 5.87. The molecular formula is C14H16BrN3. The number of nitrogen functional groups attached to an aromatic ring is 1. The average Bonchev–Trinajstić information content (AvgIpc) is 2.38. The maximum absolute atomic E-state index is 5.82. The molecule has 0 fully saturated rings. The lowest BCUT2D eigenvalue weighted by Gasteiger charge is -2.23. The van der Waals surface area contributed by atoms with Crippen molar-refractivity contribution in [2.24, 2.45) is 0 Å². The Morgan fingerprint density at radius 3 is 2.72 bits per heavy atom. The summed E-state index contributed by atoms with van der Waals surface area (Å²) in [4.78, 5) is 6.64. The van der Waals surface area contributed by atoms with Crippen molar-refractivity contribution < 1.29 is 0 Å². The Hall–Kier alpha value is -1.55. The number of aromatic nitrogens is 1. The number of hydrogen-bond donors (Lipinski definition) is 1. The highest BCUT2D eigenvalue weighted by Gasteiger charge is 2.06. The normalized spacial score (nSPS) is 10.3. The first-order valence-electron chi connectivity index (χ1n) is 5.90. The number of pyridine rings is 1. The van der Waals surface area contributed by atoms with E-state index in [1.807, 2.05) is 36.5 Å². The van der Waals surface area contributed by atoms with Crippen LogP contribution in [-0.4, -0.2) is 11.5 Å². The fourth-order valence-corrected chi connectivity index (χ4v) is 2.04. The van der Waals surface area contributed by atoms with Crippen LogP contribution in [0.2, 0.25) is 0 Å². The van der Waals surface area contributed by atoms with Gasteiger partial charge in [-0.2, -0.15) is 0 Å². The van der Waals surface area contributed by atoms with Crippen LogP contribution in [0.3, 0.4) is 0 Å². The van der Waals surface area contributed by atoms with Gasteiger partial charge in [-0.15, -0.1) is 0 Å². The van der Waals surface area contributed by atoms with E-state index in [2.05, 4.69) is 38.8 Å². The highest BCUT2D eigenvalue weighted by atomic mass is 79.9. The van der Waals surface area contributed by atoms with Crippen LogP contribution in [0.25, 0.3) is 0 Å². The Labute approximate surface area is 116 Å². The largest absolute Gasteiger partial charge is 0.399 e. The van der Waals surface area contributed by atoms with E-state index in [9.17, 15) is 0 Å². The summed E-state index contributed by atoms with van der Waals surface area (Å²) in [7, 11) is 0. The van der Waals surface area contributed by atoms with Gasteiger partial charge in [-0.1, -0.05) is 6.07 Å². The van der Waals surface area contributed by atoms with E-state index in [4.69, 9.17) is 5.73 Å². The molecule has 0 saturated carbocycles. The van der Waals surface area contributed by atoms with E-state index in [1.165, 1.54) is 0 Å². The topological polar surface area (TPSA) is 42.2 Å². The van der Waals surface area contributed by atoms with Gasteiger partial charge < -0.3 is 10.6 Å². The molecule has 94 valence electrons. The molecule has 2 rings (SSSR count). The van der Waals surface area contributed by atoms with Gasteiger partial charge in [-0.3, -0.25) is 4.98 Å². The molecule has 0 atom stereocenters. The highest BCUT2D eigenvalue weighted by Crippen LogP contribution is 2.19. The molecule has 0 spiro atoms. The predicted octanol–water partition coefficient (Wildman–Crippen LogP) is 3.45. The molecule has 3 nitrogen and oxygen atoms in total. The third-order valence-corrected chi connectivity index (χ3v) is 3.23. The van der Waals surface area contributed by atoms with E-state index in [0.29, 0.717) is 0 Å². The molecule has 0 aliphatic heterocycles. The number of nitrogens with two attached hydrogens (primary N) is 1. The van der Waals surface area contributed by atoms with E-state index < -0.39 is 0 Å². The van der Waals surface area contributed by atoms with Gasteiger partial charge in [0.25, 0.3) is 0 Å². The minimum Gasteiger partial charge on any atom is -0.399 e. The summed E-state index contributed by atoms with van der Waals surface area (Å²) in [6, 6.07) is 12.0. The molecule has 0 aliphatic rings. The second-order valence-corrected chi connectivity index (χ2v) is 4.99. The first-order valence-corrected chi connectivity index (χ1v) is 6.69. The van der Waals surface area contributed by atoms with Crippen LogP contribution in [0.4, 0.5) is 11.4 Å². The molecule has 18 heavy (non-hydrogen) atoms. The quantitative estimate of drug-likeness (QED) is 0.880. The second-order valence-electron chi connectivity index (χ2n) is 4.08. The molecule has 0 saturated heterocycles. The zero-order valence-electron chi connectivity index (χ0n) is 10.3. The predicted molar refractivity (Wildman–Crippen MR) is 79.5 cm³/mol. The van der Waals surface area contributed by atoms with Gasteiger partial charge in [0.1, 0.15) is 0 Å². The molecule has 0 unspecified atom stereocenters. The summed E-state index contributed by atoms with van der Waals surface area (Å²) >= 11 is 3.39. The first kappa shape index (κ1) is 12.9. The zero-order chi connectivity index (χ0) is 13.0. The van der Waals surface area contributed by atoms with Crippen molar-refractivity contribution >= 4 is 27.3 Å². The number of rotatable bonds is 4. The third-order valence-electron chi connectivity index (χ3n) is 2.76. The Morgan fingerprint density at radius 1 is 1.28 bits per heavy atom. The summed E-state index contributed by atoms with van der Waals surface area (Å²) in [5, 5.41) is 0. The summed E-state index contributed by atoms with van der Waals surface area (Å²) in [5.74, 6) is 0. The van der Waals surface area contributed by atoms with Crippen LogP contribution in [0.5, 0.6) is 0 Å². The maximum Gasteiger partial charge on any atom is 0.0601 e. The molecular weight excluding hydrogens is 290 g/mol. The Morgan fingerprint density at radius 2 is 2.11 bits per heavy atom. The maximum atomic E-state index is 5.82. The van der Waals surface area contributed by atoms with Crippen LogP contribution in [0, 0.1) is 0 Å². The van der Waals surface area contributed by atoms with Crippen molar-refractivity contribution in [3.63, 3.8) is 0 Å². The van der Waals surface area contributed by atoms with Crippen molar-refractivity contribution in [2.45, 2.75) is 13.5 Å². The molecule has 1 aromatic heterocycles. The first-order chi connectivity index (χ1) is 8.69. The van der Waals surface area contributed by atoms with Gasteiger partial charge >= 0.3 is 0 Å². The number of hydrogen-bond acceptors (Lipinski definition) is 3. The summed E-state index contributed by atoms with van der Waals surface area (Å²) in [6.45, 7) is 3.83. The van der Waals surface area contributed by atoms with Crippen LogP contribution >= 0.6 is 15.9 Å². The van der Waals surface area contributed by atoms with Gasteiger partial charge in [-0.05, 0) is 53.2 Å². The number of halogens is 1. The molecule has 0 amide bonds. The number of nitrogens with zero attached hydrogens (tertiary/aromatic N) is 2. The Kier molecular flexibility index (Phi) is 4.20. The molecule has 0 bridgehead atoms. The van der Waals surface area contributed by atoms with Crippen LogP contribution in [-0.2, 0) is 6.54 Å². The van der Waals surface area contributed by atoms with E-state index >= 15 is 0 Å². The zero-order valence-corrected chi connectivity index (χ0v) is 11.9. The van der Waals surface area contributed by atoms with Crippen LogP contribution < -0.4 is 10.6 Å². The standard InChI is InChI=1S/C14H16BrN3/c1-2-18(14-5-3-4-12(16)8-14)10-13-7-6-11(15)9-17-13/h3-9H,2,10,16H2,1H3. The van der Waals surface area contributed by atoms with Crippen molar-refractivity contribution in [1.82, 2.24) is 4.98 Å². The Bertz CT molecular complexity index is 511. The van der Waals surface area contributed by atoms with Gasteiger partial charge in [0.2, 0.25) is 0 Å². The average molecular weight is 306 g/mol. The summed E-state index contributed by atoms with van der Waals surface area (Å²) in [5.41, 5.74) is 8.77. The molecule has 0 aliphatic carbocycles. The highest BCUT2D eigenvalue weighted by molar-refractivity contribution is 9.10. The van der Waals surface area contributed by atoms with Crippen LogP contribution in [0.15, 0.2) is 47.1 Å². The third kappa shape index (κ3) is 3.23. The number of anilines is 2. The fourth-order valence-electron chi connectivity index (χ4n) is 1.80. The molecule has 4 heteroatoms. The molecule has 0 radical (unpaired) electrons. The van der Waals surface area contributed by atoms with E-state index in [1.54, 1.807) is 0 Å². The Balaban J connectivity index is 2.17. The van der Waals surface area contributed by atoms with Crippen molar-refractivity contribution in [3.05, 3.63) is 52.8 Å². The van der Waals surface area contributed by atoms with Crippen LogP contribution in [0.1, 0.15) is 12.6 Å². The van der Waals surface area contributed by atoms with Gasteiger partial charge in [-0.25, -0.2) is 0 Å². The minimum absolute atomic E-state index is 0.785. The van der Waals surface area contributed by atoms with Gasteiger partial charge in [0.05, 0.1) is 12.2 Å². The van der Waals surface area contributed by atoms with Gasteiger partial charge in [0, 0.05) is 28.6 Å². The smallest absolute Gasteiger partial charge is 0.0601 e. The summed E-state index contributed by atoms with van der Waals surface area (Å²) in [6.07, 6.45) is 1.82. The van der Waals surface area contributed by atoms with E-state index in [0.717, 1.165) is 34.6 Å². The van der Waals surface area contributed by atoms with Crippen molar-refractivity contribution in [1.29, 1.82) is 0 Å². The molecule has 2 aromatic rings. The fraction of sp³-hybridized carbons (Fsp3) is 0.214. The molecule has 1 heterocycles. The lowest BCUT2D eigenvalue weighted by Crippen LogP contribution is -2.22. The molecule has 2 N–H and O–H groups in total. The monoisotopic (exact) mass is 305 g/mol. The lowest BCUT2D eigenvalue weighted by atomic mass is 10.2. The van der Waals surface area contributed by atoms with Crippen molar-refractivity contribution in [2.75, 3.05) is 17.2 Å². The van der Waals surface area contributed by atoms with Crippen molar-refractivity contribution in [3.8, 4) is 0 Å². The van der Waals surface area contributed by atoms with Gasteiger partial charge in [0.15, 0.2) is 0 Å². The van der Waals surface area contributed by atoms with E-state index in [-0.39, 0.29) is 0 Å². The number of benzene rings is 1. The minimum atomic E-state index is 0.785. The molecule has 1 aromatic carbocycles. The SMILES string of the molecule is CCN(Cc1ccc(Br)cn1)c1cccc(N)c1. The summed E-state index contributed by atoms with van der Waals surface area (Å²) < 4.78 is 0.998. The lowest BCUT2D eigenvalue weighted by molar-refractivity contribution is 0.809.